The first-order valence-electron chi connectivity index (χ1n) is 7.27. The molecule has 0 aliphatic heterocycles. The Labute approximate surface area is 139 Å². The van der Waals surface area contributed by atoms with Crippen molar-refractivity contribution in [1.82, 2.24) is 15.2 Å². The fourth-order valence-electron chi connectivity index (χ4n) is 2.28. The zero-order chi connectivity index (χ0) is 16.6. The lowest BCUT2D eigenvalue weighted by Gasteiger charge is -2.14. The van der Waals surface area contributed by atoms with Crippen LogP contribution in [0.4, 0.5) is 5.82 Å². The van der Waals surface area contributed by atoms with Gasteiger partial charge in [-0.1, -0.05) is 50.6 Å². The van der Waals surface area contributed by atoms with Crippen molar-refractivity contribution in [3.05, 3.63) is 52.8 Å². The third-order valence-corrected chi connectivity index (χ3v) is 3.75. The number of fused-ring (bicyclic) bond motifs is 1. The highest BCUT2D eigenvalue weighted by atomic mass is 35.5. The van der Waals surface area contributed by atoms with Gasteiger partial charge in [-0.15, -0.1) is 0 Å². The monoisotopic (exact) mass is 328 g/mol. The maximum absolute atomic E-state index is 12.6. The number of benzene rings is 1. The van der Waals surface area contributed by atoms with Gasteiger partial charge in [0.15, 0.2) is 5.82 Å². The SMILES string of the molecule is CC(C)(C)c1cc(NC(=O)c2cc(Cl)nc3ccccc23)n[nH]1. The number of amides is 1. The molecule has 0 unspecified atom stereocenters. The Balaban J connectivity index is 1.94. The standard InChI is InChI=1S/C17H17ClN4O/c1-17(2,3)13-9-15(22-21-13)20-16(23)11-8-14(18)19-12-7-5-4-6-10(11)12/h4-9H,1-3H3,(H2,20,21,22,23). The van der Waals surface area contributed by atoms with E-state index in [0.29, 0.717) is 16.9 Å². The second kappa shape index (κ2) is 5.66. The Hall–Kier alpha value is -2.40. The average Bonchev–Trinajstić information content (AvgIpc) is 2.95. The molecule has 1 aromatic carbocycles. The van der Waals surface area contributed by atoms with Crippen LogP contribution in [0.3, 0.4) is 0 Å². The second-order valence-electron chi connectivity index (χ2n) is 6.38. The summed E-state index contributed by atoms with van der Waals surface area (Å²) in [6, 6.07) is 10.8. The van der Waals surface area contributed by atoms with Gasteiger partial charge >= 0.3 is 0 Å². The van der Waals surface area contributed by atoms with Crippen molar-refractivity contribution in [1.29, 1.82) is 0 Å². The van der Waals surface area contributed by atoms with Crippen LogP contribution in [0, 0.1) is 0 Å². The Morgan fingerprint density at radius 3 is 2.65 bits per heavy atom. The van der Waals surface area contributed by atoms with E-state index < -0.39 is 0 Å². The summed E-state index contributed by atoms with van der Waals surface area (Å²) < 4.78 is 0. The van der Waals surface area contributed by atoms with Gasteiger partial charge in [-0.05, 0) is 12.1 Å². The largest absolute Gasteiger partial charge is 0.305 e. The predicted octanol–water partition coefficient (Wildman–Crippen LogP) is 4.16. The molecule has 6 heteroatoms. The average molecular weight is 329 g/mol. The van der Waals surface area contributed by atoms with Gasteiger partial charge in [0, 0.05) is 22.6 Å². The number of pyridine rings is 1. The molecule has 0 fully saturated rings. The van der Waals surface area contributed by atoms with Gasteiger partial charge in [0.05, 0.1) is 11.1 Å². The van der Waals surface area contributed by atoms with Crippen LogP contribution in [0.15, 0.2) is 36.4 Å². The number of carbonyl (C=O) groups excluding carboxylic acids is 1. The molecule has 0 saturated heterocycles. The van der Waals surface area contributed by atoms with Gasteiger partial charge in [0.1, 0.15) is 5.15 Å². The van der Waals surface area contributed by atoms with Gasteiger partial charge in [-0.3, -0.25) is 9.89 Å². The van der Waals surface area contributed by atoms with Crippen molar-refractivity contribution < 1.29 is 4.79 Å². The topological polar surface area (TPSA) is 70.7 Å². The molecule has 0 atom stereocenters. The Bertz CT molecular complexity index is 880. The number of nitrogens with one attached hydrogen (secondary N) is 2. The van der Waals surface area contributed by atoms with Gasteiger partial charge in [-0.25, -0.2) is 4.98 Å². The van der Waals surface area contributed by atoms with E-state index in [2.05, 4.69) is 41.3 Å². The van der Waals surface area contributed by atoms with Gasteiger partial charge in [0.2, 0.25) is 0 Å². The molecular weight excluding hydrogens is 312 g/mol. The van der Waals surface area contributed by atoms with Gasteiger partial charge in [-0.2, -0.15) is 5.10 Å². The zero-order valence-corrected chi connectivity index (χ0v) is 13.9. The van der Waals surface area contributed by atoms with Crippen LogP contribution < -0.4 is 5.32 Å². The summed E-state index contributed by atoms with van der Waals surface area (Å²) in [6.07, 6.45) is 0. The molecule has 0 aliphatic rings. The summed E-state index contributed by atoms with van der Waals surface area (Å²) in [5.74, 6) is 0.217. The first-order chi connectivity index (χ1) is 10.8. The summed E-state index contributed by atoms with van der Waals surface area (Å²) >= 11 is 6.02. The molecule has 3 rings (SSSR count). The van der Waals surface area contributed by atoms with Crippen LogP contribution in [0.5, 0.6) is 0 Å². The van der Waals surface area contributed by atoms with Crippen molar-refractivity contribution in [2.75, 3.05) is 5.32 Å². The quantitative estimate of drug-likeness (QED) is 0.694. The third-order valence-electron chi connectivity index (χ3n) is 3.56. The van der Waals surface area contributed by atoms with Gasteiger partial charge in [0.25, 0.3) is 5.91 Å². The summed E-state index contributed by atoms with van der Waals surface area (Å²) in [5, 5.41) is 10.9. The molecule has 1 amide bonds. The Morgan fingerprint density at radius 2 is 1.96 bits per heavy atom. The summed E-state index contributed by atoms with van der Waals surface area (Å²) in [4.78, 5) is 16.8. The molecule has 3 aromatic rings. The van der Waals surface area contributed by atoms with E-state index in [0.717, 1.165) is 11.1 Å². The van der Waals surface area contributed by atoms with E-state index in [1.165, 1.54) is 0 Å². The van der Waals surface area contributed by atoms with Crippen molar-refractivity contribution in [3.8, 4) is 0 Å². The number of rotatable bonds is 2. The molecular formula is C17H17ClN4O. The second-order valence-corrected chi connectivity index (χ2v) is 6.77. The molecule has 0 radical (unpaired) electrons. The number of H-pyrrole nitrogens is 1. The highest BCUT2D eigenvalue weighted by Gasteiger charge is 2.18. The van der Waals surface area contributed by atoms with Crippen molar-refractivity contribution in [2.24, 2.45) is 0 Å². The molecule has 0 spiro atoms. The number of aromatic amines is 1. The molecule has 118 valence electrons. The Morgan fingerprint density at radius 1 is 1.22 bits per heavy atom. The lowest BCUT2D eigenvalue weighted by Crippen LogP contribution is -2.13. The number of para-hydroxylation sites is 1. The Kier molecular flexibility index (Phi) is 3.82. The maximum atomic E-state index is 12.6. The molecule has 23 heavy (non-hydrogen) atoms. The number of hydrogen-bond donors (Lipinski definition) is 2. The molecule has 0 aliphatic carbocycles. The number of anilines is 1. The van der Waals surface area contributed by atoms with Crippen molar-refractivity contribution in [3.63, 3.8) is 0 Å². The van der Waals surface area contributed by atoms with Crippen LogP contribution in [0.1, 0.15) is 36.8 Å². The van der Waals surface area contributed by atoms with Crippen molar-refractivity contribution >= 4 is 34.2 Å². The fraction of sp³-hybridized carbons (Fsp3) is 0.235. The van der Waals surface area contributed by atoms with E-state index in [-0.39, 0.29) is 16.5 Å². The van der Waals surface area contributed by atoms with Crippen LogP contribution in [0.2, 0.25) is 5.15 Å². The van der Waals surface area contributed by atoms with Crippen LogP contribution in [0.25, 0.3) is 10.9 Å². The lowest BCUT2D eigenvalue weighted by molar-refractivity contribution is 0.102. The van der Waals surface area contributed by atoms with E-state index >= 15 is 0 Å². The third kappa shape index (κ3) is 3.19. The molecule has 2 N–H and O–H groups in total. The van der Waals surface area contributed by atoms with E-state index in [1.54, 1.807) is 6.07 Å². The summed E-state index contributed by atoms with van der Waals surface area (Å²) in [7, 11) is 0. The van der Waals surface area contributed by atoms with Crippen molar-refractivity contribution in [2.45, 2.75) is 26.2 Å². The minimum Gasteiger partial charge on any atom is -0.305 e. The molecule has 5 nitrogen and oxygen atoms in total. The van der Waals surface area contributed by atoms with E-state index in [4.69, 9.17) is 11.6 Å². The zero-order valence-electron chi connectivity index (χ0n) is 13.1. The van der Waals surface area contributed by atoms with Crippen LogP contribution in [-0.2, 0) is 5.41 Å². The number of carbonyl (C=O) groups is 1. The van der Waals surface area contributed by atoms with Crippen LogP contribution >= 0.6 is 11.6 Å². The summed E-state index contributed by atoms with van der Waals surface area (Å²) in [5.41, 5.74) is 2.04. The van der Waals surface area contributed by atoms with Gasteiger partial charge < -0.3 is 5.32 Å². The number of nitrogens with zero attached hydrogens (tertiary/aromatic N) is 2. The highest BCUT2D eigenvalue weighted by Crippen LogP contribution is 2.24. The highest BCUT2D eigenvalue weighted by molar-refractivity contribution is 6.30. The maximum Gasteiger partial charge on any atom is 0.257 e. The first-order valence-corrected chi connectivity index (χ1v) is 7.65. The fourth-order valence-corrected chi connectivity index (χ4v) is 2.48. The van der Waals surface area contributed by atoms with Crippen LogP contribution in [-0.4, -0.2) is 21.1 Å². The molecule has 2 heterocycles. The number of halogens is 1. The predicted molar refractivity (Wildman–Crippen MR) is 92.0 cm³/mol. The van der Waals surface area contributed by atoms with E-state index in [9.17, 15) is 4.79 Å². The number of hydrogen-bond acceptors (Lipinski definition) is 3. The molecule has 0 bridgehead atoms. The normalized spacial score (nSPS) is 11.7. The summed E-state index contributed by atoms with van der Waals surface area (Å²) in [6.45, 7) is 6.22. The minimum absolute atomic E-state index is 0.0668. The minimum atomic E-state index is -0.266. The molecule has 2 aromatic heterocycles. The first kappa shape index (κ1) is 15.5. The van der Waals surface area contributed by atoms with E-state index in [1.807, 2.05) is 30.3 Å². The smallest absolute Gasteiger partial charge is 0.257 e. The lowest BCUT2D eigenvalue weighted by atomic mass is 9.92. The molecule has 0 saturated carbocycles. The number of aromatic nitrogens is 3.